The number of hydrogen-bond acceptors (Lipinski definition) is 3. The van der Waals surface area contributed by atoms with E-state index in [-0.39, 0.29) is 0 Å². The van der Waals surface area contributed by atoms with Crippen molar-refractivity contribution in [1.29, 1.82) is 0 Å². The van der Waals surface area contributed by atoms with Crippen molar-refractivity contribution in [2.75, 3.05) is 0 Å². The van der Waals surface area contributed by atoms with Crippen LogP contribution in [0, 0.1) is 6.92 Å². The minimum atomic E-state index is 0.364. The normalized spacial score (nSPS) is 10.5. The zero-order valence-corrected chi connectivity index (χ0v) is 8.65. The molecule has 0 aliphatic carbocycles. The molecule has 2 rings (SSSR count). The van der Waals surface area contributed by atoms with Crippen LogP contribution in [0.25, 0.3) is 11.5 Å². The van der Waals surface area contributed by atoms with Crippen LogP contribution in [0.3, 0.4) is 0 Å². The van der Waals surface area contributed by atoms with Gasteiger partial charge in [-0.2, -0.15) is 4.98 Å². The van der Waals surface area contributed by atoms with Crippen molar-refractivity contribution in [3.63, 3.8) is 0 Å². The SMILES string of the molecule is Cc1cccc(-c2nc(Cl)n(C)n2)n1. The van der Waals surface area contributed by atoms with Gasteiger partial charge in [0.1, 0.15) is 5.69 Å². The number of aryl methyl sites for hydroxylation is 2. The largest absolute Gasteiger partial charge is 0.250 e. The first-order valence-electron chi connectivity index (χ1n) is 4.17. The van der Waals surface area contributed by atoms with E-state index >= 15 is 0 Å². The molecular weight excluding hydrogens is 200 g/mol. The fourth-order valence-electron chi connectivity index (χ4n) is 1.14. The molecule has 0 saturated heterocycles. The van der Waals surface area contributed by atoms with Gasteiger partial charge in [-0.15, -0.1) is 5.10 Å². The Kier molecular flexibility index (Phi) is 2.21. The van der Waals surface area contributed by atoms with Crippen LogP contribution < -0.4 is 0 Å². The molecule has 14 heavy (non-hydrogen) atoms. The summed E-state index contributed by atoms with van der Waals surface area (Å²) in [4.78, 5) is 8.38. The van der Waals surface area contributed by atoms with Crippen molar-refractivity contribution in [2.45, 2.75) is 6.92 Å². The first-order chi connectivity index (χ1) is 6.66. The molecule has 2 heterocycles. The Bertz CT molecular complexity index is 444. The second kappa shape index (κ2) is 3.38. The lowest BCUT2D eigenvalue weighted by atomic mass is 10.3. The molecule has 0 unspecified atom stereocenters. The summed E-state index contributed by atoms with van der Waals surface area (Å²) in [5, 5.41) is 4.50. The molecule has 0 N–H and O–H groups in total. The van der Waals surface area contributed by atoms with E-state index in [1.54, 1.807) is 7.05 Å². The smallest absolute Gasteiger partial charge is 0.221 e. The van der Waals surface area contributed by atoms with Crippen LogP contribution in [0.5, 0.6) is 0 Å². The van der Waals surface area contributed by atoms with E-state index in [0.717, 1.165) is 11.4 Å². The molecule has 0 bridgehead atoms. The van der Waals surface area contributed by atoms with Crippen molar-refractivity contribution in [2.24, 2.45) is 7.05 Å². The quantitative estimate of drug-likeness (QED) is 0.718. The molecule has 72 valence electrons. The van der Waals surface area contributed by atoms with Crippen LogP contribution in [0.1, 0.15) is 5.69 Å². The summed E-state index contributed by atoms with van der Waals surface area (Å²) < 4.78 is 1.51. The van der Waals surface area contributed by atoms with Crippen molar-refractivity contribution >= 4 is 11.6 Å². The molecule has 0 atom stereocenters. The third-order valence-corrected chi connectivity index (χ3v) is 2.16. The van der Waals surface area contributed by atoms with Crippen LogP contribution in [0.2, 0.25) is 5.28 Å². The minimum Gasteiger partial charge on any atom is -0.250 e. The first kappa shape index (κ1) is 9.15. The van der Waals surface area contributed by atoms with Gasteiger partial charge in [-0.25, -0.2) is 9.67 Å². The lowest BCUT2D eigenvalue weighted by Gasteiger charge is -1.94. The van der Waals surface area contributed by atoms with E-state index < -0.39 is 0 Å². The summed E-state index contributed by atoms with van der Waals surface area (Å²) in [6.45, 7) is 1.92. The van der Waals surface area contributed by atoms with Gasteiger partial charge in [0.2, 0.25) is 11.1 Å². The average Bonchev–Trinajstić information content (AvgIpc) is 2.47. The van der Waals surface area contributed by atoms with Crippen LogP contribution >= 0.6 is 11.6 Å². The highest BCUT2D eigenvalue weighted by molar-refractivity contribution is 6.28. The van der Waals surface area contributed by atoms with Gasteiger partial charge in [0, 0.05) is 12.7 Å². The summed E-state index contributed by atoms with van der Waals surface area (Å²) in [6, 6.07) is 5.70. The van der Waals surface area contributed by atoms with Crippen LogP contribution in [-0.4, -0.2) is 19.7 Å². The number of hydrogen-bond donors (Lipinski definition) is 0. The zero-order chi connectivity index (χ0) is 10.1. The first-order valence-corrected chi connectivity index (χ1v) is 4.55. The molecular formula is C9H9ClN4. The summed E-state index contributed by atoms with van der Waals surface area (Å²) in [5.41, 5.74) is 1.68. The number of rotatable bonds is 1. The van der Waals surface area contributed by atoms with Crippen LogP contribution in [0.15, 0.2) is 18.2 Å². The predicted octanol–water partition coefficient (Wildman–Crippen LogP) is 1.84. The molecule has 4 nitrogen and oxygen atoms in total. The fraction of sp³-hybridized carbons (Fsp3) is 0.222. The van der Waals surface area contributed by atoms with E-state index in [0.29, 0.717) is 11.1 Å². The van der Waals surface area contributed by atoms with Gasteiger partial charge in [-0.05, 0) is 30.7 Å². The van der Waals surface area contributed by atoms with Crippen LogP contribution in [0.4, 0.5) is 0 Å². The molecule has 0 fully saturated rings. The molecule has 5 heteroatoms. The fourth-order valence-corrected chi connectivity index (χ4v) is 1.26. The standard InChI is InChI=1S/C9H9ClN4/c1-6-4-3-5-7(11-6)8-12-9(10)14(2)13-8/h3-5H,1-2H3. The summed E-state index contributed by atoms with van der Waals surface area (Å²) in [6.07, 6.45) is 0. The molecule has 2 aromatic rings. The topological polar surface area (TPSA) is 43.6 Å². The Balaban J connectivity index is 2.49. The molecule has 0 aliphatic heterocycles. The van der Waals surface area contributed by atoms with Crippen molar-refractivity contribution in [1.82, 2.24) is 19.7 Å². The minimum absolute atomic E-state index is 0.364. The van der Waals surface area contributed by atoms with Crippen molar-refractivity contribution < 1.29 is 0 Å². The Morgan fingerprint density at radius 2 is 2.07 bits per heavy atom. The maximum Gasteiger partial charge on any atom is 0.221 e. The molecule has 2 aromatic heterocycles. The van der Waals surface area contributed by atoms with E-state index in [2.05, 4.69) is 15.1 Å². The molecule has 0 aliphatic rings. The lowest BCUT2D eigenvalue weighted by molar-refractivity contribution is 0.768. The number of nitrogens with zero attached hydrogens (tertiary/aromatic N) is 4. The monoisotopic (exact) mass is 208 g/mol. The van der Waals surface area contributed by atoms with Gasteiger partial charge in [-0.1, -0.05) is 6.07 Å². The van der Waals surface area contributed by atoms with Gasteiger partial charge in [0.15, 0.2) is 0 Å². The van der Waals surface area contributed by atoms with E-state index in [1.807, 2.05) is 25.1 Å². The predicted molar refractivity (Wildman–Crippen MR) is 54.0 cm³/mol. The van der Waals surface area contributed by atoms with E-state index in [4.69, 9.17) is 11.6 Å². The Hall–Kier alpha value is -1.42. The third kappa shape index (κ3) is 1.61. The van der Waals surface area contributed by atoms with Crippen molar-refractivity contribution in [3.05, 3.63) is 29.2 Å². The molecule has 0 amide bonds. The highest BCUT2D eigenvalue weighted by Gasteiger charge is 2.07. The summed E-state index contributed by atoms with van der Waals surface area (Å²) in [7, 11) is 1.74. The third-order valence-electron chi connectivity index (χ3n) is 1.83. The van der Waals surface area contributed by atoms with Gasteiger partial charge >= 0.3 is 0 Å². The van der Waals surface area contributed by atoms with Gasteiger partial charge in [0.05, 0.1) is 0 Å². The molecule has 0 spiro atoms. The van der Waals surface area contributed by atoms with Crippen molar-refractivity contribution in [3.8, 4) is 11.5 Å². The van der Waals surface area contributed by atoms with Gasteiger partial charge in [0.25, 0.3) is 0 Å². The highest BCUT2D eigenvalue weighted by atomic mass is 35.5. The Morgan fingerprint density at radius 1 is 1.29 bits per heavy atom. The summed E-state index contributed by atoms with van der Waals surface area (Å²) >= 11 is 5.78. The number of pyridine rings is 1. The second-order valence-corrected chi connectivity index (χ2v) is 3.33. The summed E-state index contributed by atoms with van der Waals surface area (Å²) in [5.74, 6) is 0.557. The number of halogens is 1. The second-order valence-electron chi connectivity index (χ2n) is 2.99. The molecule has 0 radical (unpaired) electrons. The molecule has 0 saturated carbocycles. The maximum atomic E-state index is 5.78. The van der Waals surface area contributed by atoms with E-state index in [9.17, 15) is 0 Å². The Morgan fingerprint density at radius 3 is 2.64 bits per heavy atom. The van der Waals surface area contributed by atoms with Gasteiger partial charge < -0.3 is 0 Å². The van der Waals surface area contributed by atoms with Gasteiger partial charge in [-0.3, -0.25) is 0 Å². The zero-order valence-electron chi connectivity index (χ0n) is 7.90. The lowest BCUT2D eigenvalue weighted by Crippen LogP contribution is -1.91. The molecule has 0 aromatic carbocycles. The average molecular weight is 209 g/mol. The van der Waals surface area contributed by atoms with Crippen LogP contribution in [-0.2, 0) is 7.05 Å². The highest BCUT2D eigenvalue weighted by Crippen LogP contribution is 2.14. The maximum absolute atomic E-state index is 5.78. The number of aromatic nitrogens is 4. The Labute approximate surface area is 86.6 Å². The van der Waals surface area contributed by atoms with E-state index in [1.165, 1.54) is 4.68 Å².